The molecule has 6 nitrogen and oxygen atoms in total. The van der Waals surface area contributed by atoms with Crippen molar-refractivity contribution in [3.63, 3.8) is 0 Å². The summed E-state index contributed by atoms with van der Waals surface area (Å²) >= 11 is 0. The molecule has 1 rings (SSSR count). The Bertz CT molecular complexity index is 393. The SMILES string of the molecule is NC(=O)c1cccc(NCCCC(=O)O)n1. The molecule has 0 atom stereocenters. The molecule has 0 unspecified atom stereocenters. The number of pyridine rings is 1. The average molecular weight is 223 g/mol. The highest BCUT2D eigenvalue weighted by Crippen LogP contribution is 2.04. The van der Waals surface area contributed by atoms with Crippen molar-refractivity contribution in [3.05, 3.63) is 23.9 Å². The number of amides is 1. The molecule has 0 aliphatic carbocycles. The molecule has 1 aromatic rings. The highest BCUT2D eigenvalue weighted by Gasteiger charge is 2.02. The van der Waals surface area contributed by atoms with Crippen LogP contribution in [0.3, 0.4) is 0 Å². The minimum atomic E-state index is -0.833. The number of carboxylic acid groups (broad SMARTS) is 1. The molecule has 16 heavy (non-hydrogen) atoms. The Labute approximate surface area is 92.5 Å². The van der Waals surface area contributed by atoms with E-state index in [1.54, 1.807) is 12.1 Å². The summed E-state index contributed by atoms with van der Waals surface area (Å²) in [5.41, 5.74) is 5.25. The van der Waals surface area contributed by atoms with Crippen LogP contribution in [0.5, 0.6) is 0 Å². The molecular weight excluding hydrogens is 210 g/mol. The van der Waals surface area contributed by atoms with Gasteiger partial charge in [-0.1, -0.05) is 6.07 Å². The minimum absolute atomic E-state index is 0.0997. The van der Waals surface area contributed by atoms with Crippen molar-refractivity contribution in [3.8, 4) is 0 Å². The number of aromatic nitrogens is 1. The molecule has 0 aliphatic heterocycles. The Morgan fingerprint density at radius 2 is 2.19 bits per heavy atom. The number of aliphatic carboxylic acids is 1. The first kappa shape index (κ1) is 12.0. The molecular formula is C10H13N3O3. The minimum Gasteiger partial charge on any atom is -0.481 e. The van der Waals surface area contributed by atoms with E-state index in [2.05, 4.69) is 10.3 Å². The maximum absolute atomic E-state index is 10.8. The van der Waals surface area contributed by atoms with Crippen LogP contribution in [0, 0.1) is 0 Å². The van der Waals surface area contributed by atoms with Crippen molar-refractivity contribution in [2.75, 3.05) is 11.9 Å². The van der Waals surface area contributed by atoms with Crippen LogP contribution >= 0.6 is 0 Å². The third kappa shape index (κ3) is 3.95. The van der Waals surface area contributed by atoms with Crippen molar-refractivity contribution < 1.29 is 14.7 Å². The highest BCUT2D eigenvalue weighted by molar-refractivity contribution is 5.91. The van der Waals surface area contributed by atoms with E-state index in [0.29, 0.717) is 18.8 Å². The van der Waals surface area contributed by atoms with Crippen LogP contribution in [-0.2, 0) is 4.79 Å². The van der Waals surface area contributed by atoms with Crippen molar-refractivity contribution in [2.45, 2.75) is 12.8 Å². The number of hydrogen-bond donors (Lipinski definition) is 3. The van der Waals surface area contributed by atoms with Gasteiger partial charge in [-0.2, -0.15) is 0 Å². The number of carbonyl (C=O) groups excluding carboxylic acids is 1. The van der Waals surface area contributed by atoms with Crippen LogP contribution in [0.25, 0.3) is 0 Å². The van der Waals surface area contributed by atoms with Gasteiger partial charge in [0.25, 0.3) is 5.91 Å². The predicted molar refractivity (Wildman–Crippen MR) is 58.1 cm³/mol. The van der Waals surface area contributed by atoms with E-state index in [9.17, 15) is 9.59 Å². The number of primary amides is 1. The Morgan fingerprint density at radius 3 is 2.81 bits per heavy atom. The number of nitrogens with zero attached hydrogens (tertiary/aromatic N) is 1. The van der Waals surface area contributed by atoms with E-state index in [1.807, 2.05) is 0 Å². The number of nitrogens with one attached hydrogen (secondary N) is 1. The fourth-order valence-corrected chi connectivity index (χ4v) is 1.13. The zero-order valence-electron chi connectivity index (χ0n) is 8.64. The Morgan fingerprint density at radius 1 is 1.44 bits per heavy atom. The molecule has 0 aliphatic rings. The summed E-state index contributed by atoms with van der Waals surface area (Å²) in [6.07, 6.45) is 0.598. The molecule has 0 fully saturated rings. The number of carboxylic acids is 1. The van der Waals surface area contributed by atoms with E-state index in [-0.39, 0.29) is 12.1 Å². The molecule has 0 saturated carbocycles. The Balaban J connectivity index is 2.45. The summed E-state index contributed by atoms with van der Waals surface area (Å²) in [6.45, 7) is 0.488. The first-order valence-corrected chi connectivity index (χ1v) is 4.82. The summed E-state index contributed by atoms with van der Waals surface area (Å²) in [5, 5.41) is 11.3. The van der Waals surface area contributed by atoms with Gasteiger partial charge in [0.15, 0.2) is 0 Å². The van der Waals surface area contributed by atoms with Gasteiger partial charge in [-0.25, -0.2) is 4.98 Å². The normalized spacial score (nSPS) is 9.75. The topological polar surface area (TPSA) is 105 Å². The second-order valence-electron chi connectivity index (χ2n) is 3.20. The molecule has 86 valence electrons. The fourth-order valence-electron chi connectivity index (χ4n) is 1.13. The molecule has 1 amide bonds. The van der Waals surface area contributed by atoms with E-state index in [4.69, 9.17) is 10.8 Å². The van der Waals surface area contributed by atoms with Gasteiger partial charge in [-0.05, 0) is 18.6 Å². The summed E-state index contributed by atoms with van der Waals surface area (Å²) in [6, 6.07) is 4.87. The lowest BCUT2D eigenvalue weighted by Gasteiger charge is -2.04. The van der Waals surface area contributed by atoms with Crippen molar-refractivity contribution >= 4 is 17.7 Å². The van der Waals surface area contributed by atoms with Crippen LogP contribution in [-0.4, -0.2) is 28.5 Å². The van der Waals surface area contributed by atoms with Crippen molar-refractivity contribution in [1.82, 2.24) is 4.98 Å². The van der Waals surface area contributed by atoms with Crippen LogP contribution in [0.4, 0.5) is 5.82 Å². The monoisotopic (exact) mass is 223 g/mol. The largest absolute Gasteiger partial charge is 0.481 e. The summed E-state index contributed by atoms with van der Waals surface area (Å²) in [5.74, 6) is -0.906. The fraction of sp³-hybridized carbons (Fsp3) is 0.300. The van der Waals surface area contributed by atoms with Gasteiger partial charge in [-0.15, -0.1) is 0 Å². The molecule has 1 aromatic heterocycles. The van der Waals surface area contributed by atoms with Gasteiger partial charge in [0.2, 0.25) is 0 Å². The van der Waals surface area contributed by atoms with Crippen LogP contribution in [0.1, 0.15) is 23.3 Å². The third-order valence-electron chi connectivity index (χ3n) is 1.88. The number of carbonyl (C=O) groups is 2. The lowest BCUT2D eigenvalue weighted by Crippen LogP contribution is -2.14. The number of anilines is 1. The predicted octanol–water partition coefficient (Wildman–Crippen LogP) is 0.457. The summed E-state index contributed by atoms with van der Waals surface area (Å²) in [4.78, 5) is 25.0. The molecule has 0 aromatic carbocycles. The molecule has 4 N–H and O–H groups in total. The Hall–Kier alpha value is -2.11. The van der Waals surface area contributed by atoms with Crippen LogP contribution in [0.15, 0.2) is 18.2 Å². The molecule has 0 saturated heterocycles. The Kier molecular flexibility index (Phi) is 4.26. The molecule has 0 bridgehead atoms. The first-order chi connectivity index (χ1) is 7.59. The van der Waals surface area contributed by atoms with Gasteiger partial charge in [0.1, 0.15) is 11.5 Å². The standard InChI is InChI=1S/C10H13N3O3/c11-10(16)7-3-1-4-8(13-7)12-6-2-5-9(14)15/h1,3-4H,2,5-6H2,(H2,11,16)(H,12,13)(H,14,15). The first-order valence-electron chi connectivity index (χ1n) is 4.82. The number of hydrogen-bond acceptors (Lipinski definition) is 4. The van der Waals surface area contributed by atoms with Crippen molar-refractivity contribution in [2.24, 2.45) is 5.73 Å². The quantitative estimate of drug-likeness (QED) is 0.607. The van der Waals surface area contributed by atoms with Crippen LogP contribution in [0.2, 0.25) is 0 Å². The highest BCUT2D eigenvalue weighted by atomic mass is 16.4. The lowest BCUT2D eigenvalue weighted by molar-refractivity contribution is -0.137. The molecule has 1 heterocycles. The van der Waals surface area contributed by atoms with Gasteiger partial charge < -0.3 is 16.2 Å². The maximum Gasteiger partial charge on any atom is 0.303 e. The summed E-state index contributed by atoms with van der Waals surface area (Å²) < 4.78 is 0. The van der Waals surface area contributed by atoms with E-state index >= 15 is 0 Å². The smallest absolute Gasteiger partial charge is 0.303 e. The van der Waals surface area contributed by atoms with Gasteiger partial charge in [-0.3, -0.25) is 9.59 Å². The average Bonchev–Trinajstić information content (AvgIpc) is 2.24. The molecule has 6 heteroatoms. The summed E-state index contributed by atoms with van der Waals surface area (Å²) in [7, 11) is 0. The zero-order valence-corrected chi connectivity index (χ0v) is 8.64. The maximum atomic E-state index is 10.8. The van der Waals surface area contributed by atoms with Gasteiger partial charge >= 0.3 is 5.97 Å². The number of rotatable bonds is 6. The molecule has 0 radical (unpaired) electrons. The van der Waals surface area contributed by atoms with Crippen LogP contribution < -0.4 is 11.1 Å². The van der Waals surface area contributed by atoms with Gasteiger partial charge in [0.05, 0.1) is 0 Å². The van der Waals surface area contributed by atoms with E-state index in [0.717, 1.165) is 0 Å². The third-order valence-corrected chi connectivity index (χ3v) is 1.88. The lowest BCUT2D eigenvalue weighted by atomic mass is 10.3. The van der Waals surface area contributed by atoms with E-state index in [1.165, 1.54) is 6.07 Å². The van der Waals surface area contributed by atoms with E-state index < -0.39 is 11.9 Å². The second kappa shape index (κ2) is 5.69. The van der Waals surface area contributed by atoms with Crippen molar-refractivity contribution in [1.29, 1.82) is 0 Å². The number of nitrogens with two attached hydrogens (primary N) is 1. The van der Waals surface area contributed by atoms with Gasteiger partial charge in [0, 0.05) is 13.0 Å². The zero-order chi connectivity index (χ0) is 12.0. The second-order valence-corrected chi connectivity index (χ2v) is 3.20. The molecule has 0 spiro atoms.